The first kappa shape index (κ1) is 18.9. The van der Waals surface area contributed by atoms with E-state index in [0.717, 1.165) is 44.7 Å². The fraction of sp³-hybridized carbons (Fsp3) is 0.455. The molecule has 26 heavy (non-hydrogen) atoms. The van der Waals surface area contributed by atoms with E-state index in [9.17, 15) is 0 Å². The van der Waals surface area contributed by atoms with E-state index in [1.54, 1.807) is 0 Å². The fourth-order valence-electron chi connectivity index (χ4n) is 3.91. The lowest BCUT2D eigenvalue weighted by atomic mass is 9.92. The van der Waals surface area contributed by atoms with Crippen LogP contribution in [-0.4, -0.2) is 49.1 Å². The minimum Gasteiger partial charge on any atom is -0.399 e. The number of benzene rings is 2. The highest BCUT2D eigenvalue weighted by Crippen LogP contribution is 2.25. The maximum Gasteiger partial charge on any atom is 0.0453 e. The number of aryl methyl sites for hydroxylation is 2. The van der Waals surface area contributed by atoms with Crippen LogP contribution in [-0.2, 0) is 6.42 Å². The first-order valence-electron chi connectivity index (χ1n) is 9.62. The lowest BCUT2D eigenvalue weighted by Crippen LogP contribution is -2.52. The summed E-state index contributed by atoms with van der Waals surface area (Å²) in [6.45, 7) is 6.51. The molecule has 2 aromatic carbocycles. The number of likely N-dealkylation sites (N-methyl/N-ethyl adjacent to an activating group) is 1. The van der Waals surface area contributed by atoms with E-state index in [0.29, 0.717) is 6.04 Å². The van der Waals surface area contributed by atoms with Crippen molar-refractivity contribution in [3.8, 4) is 0 Å². The summed E-state index contributed by atoms with van der Waals surface area (Å²) in [5.41, 5.74) is 17.4. The minimum atomic E-state index is 0.0272. The quantitative estimate of drug-likeness (QED) is 0.785. The predicted octanol–water partition coefficient (Wildman–Crippen LogP) is 2.83. The van der Waals surface area contributed by atoms with Crippen LogP contribution in [0.5, 0.6) is 0 Å². The lowest BCUT2D eigenvalue weighted by Gasteiger charge is -2.40. The van der Waals surface area contributed by atoms with E-state index in [2.05, 4.69) is 60.2 Å². The molecule has 1 aliphatic heterocycles. The lowest BCUT2D eigenvalue weighted by molar-refractivity contribution is 0.0931. The molecule has 4 heteroatoms. The van der Waals surface area contributed by atoms with Gasteiger partial charge in [0.2, 0.25) is 0 Å². The number of nitrogen functional groups attached to an aromatic ring is 1. The summed E-state index contributed by atoms with van der Waals surface area (Å²) in [6.07, 6.45) is 2.05. The van der Waals surface area contributed by atoms with Crippen molar-refractivity contribution in [2.24, 2.45) is 5.73 Å². The molecule has 0 aliphatic carbocycles. The summed E-state index contributed by atoms with van der Waals surface area (Å²) in [6, 6.07) is 17.2. The number of hydrogen-bond donors (Lipinski definition) is 2. The van der Waals surface area contributed by atoms with Crippen LogP contribution in [0.1, 0.15) is 29.2 Å². The highest BCUT2D eigenvalue weighted by Gasteiger charge is 2.28. The second kappa shape index (κ2) is 8.67. The molecular weight excluding hydrogens is 320 g/mol. The van der Waals surface area contributed by atoms with Crippen LogP contribution in [0, 0.1) is 6.92 Å². The molecule has 0 bridgehead atoms. The summed E-state index contributed by atoms with van der Waals surface area (Å²) in [4.78, 5) is 4.98. The summed E-state index contributed by atoms with van der Waals surface area (Å²) in [5, 5.41) is 0. The normalized spacial score (nSPS) is 18.6. The van der Waals surface area contributed by atoms with Crippen LogP contribution in [0.3, 0.4) is 0 Å². The van der Waals surface area contributed by atoms with Gasteiger partial charge >= 0.3 is 0 Å². The number of hydrogen-bond acceptors (Lipinski definition) is 4. The first-order chi connectivity index (χ1) is 12.5. The van der Waals surface area contributed by atoms with Crippen LogP contribution in [0.4, 0.5) is 5.69 Å². The van der Waals surface area contributed by atoms with E-state index < -0.39 is 0 Å². The van der Waals surface area contributed by atoms with Crippen molar-refractivity contribution in [1.82, 2.24) is 9.80 Å². The summed E-state index contributed by atoms with van der Waals surface area (Å²) in [7, 11) is 2.19. The Hall–Kier alpha value is -1.88. The van der Waals surface area contributed by atoms with Gasteiger partial charge in [-0.15, -0.1) is 0 Å². The fourth-order valence-corrected chi connectivity index (χ4v) is 3.91. The molecule has 1 fully saturated rings. The molecule has 0 aromatic heterocycles. The average molecular weight is 353 g/mol. The Labute approximate surface area is 157 Å². The minimum absolute atomic E-state index is 0.0272. The monoisotopic (exact) mass is 352 g/mol. The van der Waals surface area contributed by atoms with Crippen LogP contribution >= 0.6 is 0 Å². The van der Waals surface area contributed by atoms with Crippen molar-refractivity contribution in [2.75, 3.05) is 39.0 Å². The van der Waals surface area contributed by atoms with Gasteiger partial charge in [-0.2, -0.15) is 0 Å². The molecule has 2 aromatic rings. The van der Waals surface area contributed by atoms with Gasteiger partial charge < -0.3 is 16.4 Å². The molecule has 4 nitrogen and oxygen atoms in total. The van der Waals surface area contributed by atoms with E-state index in [-0.39, 0.29) is 6.04 Å². The molecule has 0 amide bonds. The van der Waals surface area contributed by atoms with Gasteiger partial charge in [-0.1, -0.05) is 42.0 Å². The zero-order chi connectivity index (χ0) is 18.5. The Balaban J connectivity index is 1.76. The molecule has 0 radical (unpaired) electrons. The third-order valence-corrected chi connectivity index (χ3v) is 5.53. The first-order valence-corrected chi connectivity index (χ1v) is 9.62. The Morgan fingerprint density at radius 3 is 2.42 bits per heavy atom. The molecule has 2 atom stereocenters. The Morgan fingerprint density at radius 2 is 1.73 bits per heavy atom. The number of nitrogens with two attached hydrogens (primary N) is 2. The average Bonchev–Trinajstić information content (AvgIpc) is 2.63. The Morgan fingerprint density at radius 1 is 1.00 bits per heavy atom. The maximum atomic E-state index is 6.79. The molecule has 2 unspecified atom stereocenters. The zero-order valence-electron chi connectivity index (χ0n) is 16.1. The van der Waals surface area contributed by atoms with Gasteiger partial charge in [0, 0.05) is 44.0 Å². The molecule has 1 aliphatic rings. The van der Waals surface area contributed by atoms with Crippen molar-refractivity contribution in [2.45, 2.75) is 31.8 Å². The van der Waals surface area contributed by atoms with Gasteiger partial charge in [-0.05, 0) is 50.1 Å². The van der Waals surface area contributed by atoms with Gasteiger partial charge in [0.05, 0.1) is 0 Å². The zero-order valence-corrected chi connectivity index (χ0v) is 16.1. The standard InChI is InChI=1S/C22H32N4/c1-17-5-3-7-19(15-17)22(24)21(26-13-11-25(2)12-14-26)10-9-18-6-4-8-20(23)16-18/h3-8,15-16,21-22H,9-14,23-24H2,1-2H3. The van der Waals surface area contributed by atoms with Crippen LogP contribution in [0.2, 0.25) is 0 Å². The van der Waals surface area contributed by atoms with E-state index >= 15 is 0 Å². The molecular formula is C22H32N4. The van der Waals surface area contributed by atoms with Crippen molar-refractivity contribution in [1.29, 1.82) is 0 Å². The topological polar surface area (TPSA) is 58.5 Å². The maximum absolute atomic E-state index is 6.79. The summed E-state index contributed by atoms with van der Waals surface area (Å²) in [5.74, 6) is 0. The Kier molecular flexibility index (Phi) is 6.30. The molecule has 1 saturated heterocycles. The van der Waals surface area contributed by atoms with Gasteiger partial charge in [0.1, 0.15) is 0 Å². The molecule has 140 valence electrons. The smallest absolute Gasteiger partial charge is 0.0453 e. The van der Waals surface area contributed by atoms with E-state index in [4.69, 9.17) is 11.5 Å². The van der Waals surface area contributed by atoms with Crippen molar-refractivity contribution < 1.29 is 0 Å². The summed E-state index contributed by atoms with van der Waals surface area (Å²) >= 11 is 0. The number of nitrogens with zero attached hydrogens (tertiary/aromatic N) is 2. The van der Waals surface area contributed by atoms with Gasteiger partial charge in [0.15, 0.2) is 0 Å². The van der Waals surface area contributed by atoms with Crippen LogP contribution in [0.15, 0.2) is 48.5 Å². The summed E-state index contributed by atoms with van der Waals surface area (Å²) < 4.78 is 0. The van der Waals surface area contributed by atoms with Crippen molar-refractivity contribution >= 4 is 5.69 Å². The van der Waals surface area contributed by atoms with Gasteiger partial charge in [-0.3, -0.25) is 4.90 Å². The van der Waals surface area contributed by atoms with Crippen molar-refractivity contribution in [3.63, 3.8) is 0 Å². The van der Waals surface area contributed by atoms with E-state index in [1.807, 2.05) is 12.1 Å². The van der Waals surface area contributed by atoms with Crippen LogP contribution in [0.25, 0.3) is 0 Å². The second-order valence-electron chi connectivity index (χ2n) is 7.63. The molecule has 4 N–H and O–H groups in total. The highest BCUT2D eigenvalue weighted by molar-refractivity contribution is 5.40. The molecule has 0 saturated carbocycles. The predicted molar refractivity (Wildman–Crippen MR) is 110 cm³/mol. The molecule has 3 rings (SSSR count). The largest absolute Gasteiger partial charge is 0.399 e. The third-order valence-electron chi connectivity index (χ3n) is 5.53. The number of piperazine rings is 1. The number of rotatable bonds is 6. The van der Waals surface area contributed by atoms with Crippen LogP contribution < -0.4 is 11.5 Å². The second-order valence-corrected chi connectivity index (χ2v) is 7.63. The third kappa shape index (κ3) is 4.85. The van der Waals surface area contributed by atoms with Gasteiger partial charge in [0.25, 0.3) is 0 Å². The van der Waals surface area contributed by atoms with E-state index in [1.165, 1.54) is 16.7 Å². The highest BCUT2D eigenvalue weighted by atomic mass is 15.3. The number of anilines is 1. The SMILES string of the molecule is Cc1cccc(C(N)C(CCc2cccc(N)c2)N2CCN(C)CC2)c1. The molecule has 1 heterocycles. The van der Waals surface area contributed by atoms with Crippen molar-refractivity contribution in [3.05, 3.63) is 65.2 Å². The Bertz CT molecular complexity index is 707. The van der Waals surface area contributed by atoms with Gasteiger partial charge in [-0.25, -0.2) is 0 Å². The molecule has 0 spiro atoms.